The Hall–Kier alpha value is -1.75. The lowest BCUT2D eigenvalue weighted by molar-refractivity contribution is -0.123. The molecule has 1 amide bonds. The van der Waals surface area contributed by atoms with Crippen LogP contribution in [0.25, 0.3) is 0 Å². The van der Waals surface area contributed by atoms with Gasteiger partial charge in [0.15, 0.2) is 6.61 Å². The van der Waals surface area contributed by atoms with Crippen LogP contribution in [0.1, 0.15) is 30.6 Å². The number of aromatic carboxylic acids is 1. The number of amides is 1. The van der Waals surface area contributed by atoms with Gasteiger partial charge in [0, 0.05) is 6.04 Å². The Balaban J connectivity index is 2.59. The zero-order chi connectivity index (χ0) is 14.4. The molecular formula is C13H16ClNO4. The molecule has 2 N–H and O–H groups in total. The summed E-state index contributed by atoms with van der Waals surface area (Å²) >= 11 is 5.87. The summed E-state index contributed by atoms with van der Waals surface area (Å²) in [5.41, 5.74) is 0.0707. The van der Waals surface area contributed by atoms with E-state index in [-0.39, 0.29) is 34.9 Å². The van der Waals surface area contributed by atoms with Crippen LogP contribution in [0.2, 0.25) is 5.02 Å². The highest BCUT2D eigenvalue weighted by Crippen LogP contribution is 2.25. The number of nitrogens with one attached hydrogen (secondary N) is 1. The third kappa shape index (κ3) is 4.79. The molecule has 0 spiro atoms. The number of carbonyl (C=O) groups excluding carboxylic acids is 1. The van der Waals surface area contributed by atoms with Gasteiger partial charge in [0.2, 0.25) is 0 Å². The molecule has 5 nitrogen and oxygen atoms in total. The van der Waals surface area contributed by atoms with E-state index in [9.17, 15) is 9.59 Å². The highest BCUT2D eigenvalue weighted by atomic mass is 35.5. The van der Waals surface area contributed by atoms with Crippen LogP contribution in [-0.2, 0) is 4.79 Å². The van der Waals surface area contributed by atoms with Crippen molar-refractivity contribution in [3.63, 3.8) is 0 Å². The van der Waals surface area contributed by atoms with Crippen molar-refractivity contribution in [3.8, 4) is 5.75 Å². The number of carboxylic acid groups (broad SMARTS) is 1. The second-order valence-electron chi connectivity index (χ2n) is 4.12. The van der Waals surface area contributed by atoms with Gasteiger partial charge < -0.3 is 15.2 Å². The highest BCUT2D eigenvalue weighted by Gasteiger charge is 2.10. The van der Waals surface area contributed by atoms with Gasteiger partial charge in [0.05, 0.1) is 10.6 Å². The van der Waals surface area contributed by atoms with E-state index in [4.69, 9.17) is 21.4 Å². The zero-order valence-electron chi connectivity index (χ0n) is 10.8. The summed E-state index contributed by atoms with van der Waals surface area (Å²) in [7, 11) is 0. The van der Waals surface area contributed by atoms with Crippen molar-refractivity contribution >= 4 is 23.5 Å². The minimum atomic E-state index is -1.07. The molecule has 0 aliphatic heterocycles. The van der Waals surface area contributed by atoms with Crippen LogP contribution in [-0.4, -0.2) is 29.6 Å². The van der Waals surface area contributed by atoms with Crippen molar-refractivity contribution < 1.29 is 19.4 Å². The molecule has 1 rings (SSSR count). The first-order valence-corrected chi connectivity index (χ1v) is 6.26. The smallest absolute Gasteiger partial charge is 0.335 e. The molecule has 1 aromatic rings. The molecule has 0 fully saturated rings. The van der Waals surface area contributed by atoms with E-state index in [1.165, 1.54) is 18.2 Å². The molecule has 1 aromatic carbocycles. The predicted molar refractivity (Wildman–Crippen MR) is 71.8 cm³/mol. The van der Waals surface area contributed by atoms with E-state index < -0.39 is 5.97 Å². The summed E-state index contributed by atoms with van der Waals surface area (Å²) in [6.07, 6.45) is 0.833. The molecule has 6 heteroatoms. The van der Waals surface area contributed by atoms with Gasteiger partial charge in [-0.25, -0.2) is 4.79 Å². The minimum absolute atomic E-state index is 0.0707. The predicted octanol–water partition coefficient (Wildman–Crippen LogP) is 2.33. The quantitative estimate of drug-likeness (QED) is 0.841. The summed E-state index contributed by atoms with van der Waals surface area (Å²) in [6, 6.07) is 4.17. The normalized spacial score (nSPS) is 11.7. The van der Waals surface area contributed by atoms with Crippen LogP contribution in [0, 0.1) is 0 Å². The maximum absolute atomic E-state index is 11.5. The van der Waals surface area contributed by atoms with Crippen molar-refractivity contribution in [1.29, 1.82) is 0 Å². The Morgan fingerprint density at radius 1 is 1.47 bits per heavy atom. The fourth-order valence-electron chi connectivity index (χ4n) is 1.31. The van der Waals surface area contributed by atoms with Crippen LogP contribution >= 0.6 is 11.6 Å². The van der Waals surface area contributed by atoms with E-state index >= 15 is 0 Å². The standard InChI is InChI=1S/C13H16ClNO4/c1-3-8(2)15-12(16)7-19-11-5-4-9(13(17)18)6-10(11)14/h4-6,8H,3,7H2,1-2H3,(H,15,16)(H,17,18)/t8-/m1/s1. The molecule has 0 radical (unpaired) electrons. The molecule has 0 saturated heterocycles. The lowest BCUT2D eigenvalue weighted by Crippen LogP contribution is -2.35. The Kier molecular flexibility index (Phi) is 5.63. The lowest BCUT2D eigenvalue weighted by Gasteiger charge is -2.12. The largest absolute Gasteiger partial charge is 0.482 e. The van der Waals surface area contributed by atoms with Gasteiger partial charge in [-0.05, 0) is 31.5 Å². The fourth-order valence-corrected chi connectivity index (χ4v) is 1.55. The van der Waals surface area contributed by atoms with Crippen molar-refractivity contribution in [2.75, 3.05) is 6.61 Å². The lowest BCUT2D eigenvalue weighted by atomic mass is 10.2. The molecule has 0 aromatic heterocycles. The number of benzene rings is 1. The number of halogens is 1. The number of carboxylic acids is 1. The first-order valence-electron chi connectivity index (χ1n) is 5.89. The third-order valence-electron chi connectivity index (χ3n) is 2.56. The van der Waals surface area contributed by atoms with Crippen LogP contribution in [0.5, 0.6) is 5.75 Å². The number of ether oxygens (including phenoxy) is 1. The highest BCUT2D eigenvalue weighted by molar-refractivity contribution is 6.32. The van der Waals surface area contributed by atoms with Gasteiger partial charge in [0.1, 0.15) is 5.75 Å². The van der Waals surface area contributed by atoms with Crippen LogP contribution in [0.3, 0.4) is 0 Å². The molecule has 0 heterocycles. The summed E-state index contributed by atoms with van der Waals surface area (Å²) in [5.74, 6) is -1.03. The molecule has 0 aliphatic rings. The maximum atomic E-state index is 11.5. The zero-order valence-corrected chi connectivity index (χ0v) is 11.5. The number of hydrogen-bond acceptors (Lipinski definition) is 3. The number of carbonyl (C=O) groups is 2. The summed E-state index contributed by atoms with van der Waals surface area (Å²) in [4.78, 5) is 22.2. The van der Waals surface area contributed by atoms with Gasteiger partial charge in [-0.3, -0.25) is 4.79 Å². The SMILES string of the molecule is CC[C@@H](C)NC(=O)COc1ccc(C(=O)O)cc1Cl. The molecule has 0 unspecified atom stereocenters. The Labute approximate surface area is 116 Å². The van der Waals surface area contributed by atoms with Crippen LogP contribution in [0.4, 0.5) is 0 Å². The van der Waals surface area contributed by atoms with Crippen molar-refractivity contribution in [3.05, 3.63) is 28.8 Å². The summed E-state index contributed by atoms with van der Waals surface area (Å²) in [6.45, 7) is 3.70. The van der Waals surface area contributed by atoms with Gasteiger partial charge in [0.25, 0.3) is 5.91 Å². The topological polar surface area (TPSA) is 75.6 Å². The second kappa shape index (κ2) is 6.99. The van der Waals surface area contributed by atoms with Gasteiger partial charge in [-0.1, -0.05) is 18.5 Å². The number of hydrogen-bond donors (Lipinski definition) is 2. The van der Waals surface area contributed by atoms with E-state index in [0.717, 1.165) is 6.42 Å². The average molecular weight is 286 g/mol. The van der Waals surface area contributed by atoms with E-state index in [2.05, 4.69) is 5.32 Å². The minimum Gasteiger partial charge on any atom is -0.482 e. The van der Waals surface area contributed by atoms with Crippen LogP contribution < -0.4 is 10.1 Å². The number of rotatable bonds is 6. The van der Waals surface area contributed by atoms with Crippen LogP contribution in [0.15, 0.2) is 18.2 Å². The molecule has 0 saturated carbocycles. The van der Waals surface area contributed by atoms with Gasteiger partial charge >= 0.3 is 5.97 Å². The summed E-state index contributed by atoms with van der Waals surface area (Å²) in [5, 5.41) is 11.7. The molecule has 1 atom stereocenters. The Bertz CT molecular complexity index is 476. The molecule has 0 aliphatic carbocycles. The van der Waals surface area contributed by atoms with E-state index in [1.807, 2.05) is 13.8 Å². The van der Waals surface area contributed by atoms with Crippen molar-refractivity contribution in [2.24, 2.45) is 0 Å². The average Bonchev–Trinajstić information content (AvgIpc) is 2.36. The molecule has 0 bridgehead atoms. The fraction of sp³-hybridized carbons (Fsp3) is 0.385. The first kappa shape index (κ1) is 15.3. The van der Waals surface area contributed by atoms with Gasteiger partial charge in [-0.2, -0.15) is 0 Å². The van der Waals surface area contributed by atoms with E-state index in [0.29, 0.717) is 0 Å². The molecular weight excluding hydrogens is 270 g/mol. The summed E-state index contributed by atoms with van der Waals surface area (Å²) < 4.78 is 5.24. The second-order valence-corrected chi connectivity index (χ2v) is 4.52. The Morgan fingerprint density at radius 2 is 2.16 bits per heavy atom. The van der Waals surface area contributed by atoms with E-state index in [1.54, 1.807) is 0 Å². The van der Waals surface area contributed by atoms with Gasteiger partial charge in [-0.15, -0.1) is 0 Å². The van der Waals surface area contributed by atoms with Crippen molar-refractivity contribution in [2.45, 2.75) is 26.3 Å². The first-order chi connectivity index (χ1) is 8.93. The molecule has 104 valence electrons. The third-order valence-corrected chi connectivity index (χ3v) is 2.85. The van der Waals surface area contributed by atoms with Crippen molar-refractivity contribution in [1.82, 2.24) is 5.32 Å². The maximum Gasteiger partial charge on any atom is 0.335 e. The molecule has 19 heavy (non-hydrogen) atoms. The monoisotopic (exact) mass is 285 g/mol. The Morgan fingerprint density at radius 3 is 2.68 bits per heavy atom.